The molecule has 0 amide bonds. The van der Waals surface area contributed by atoms with E-state index in [1.165, 1.54) is 13.2 Å². The predicted octanol–water partition coefficient (Wildman–Crippen LogP) is 3.12. The maximum Gasteiger partial charge on any atom is 0.330 e. The Morgan fingerprint density at radius 1 is 1.23 bits per heavy atom. The molecule has 4 nitrogen and oxygen atoms in total. The van der Waals surface area contributed by atoms with Gasteiger partial charge in [0, 0.05) is 17.9 Å². The van der Waals surface area contributed by atoms with Crippen molar-refractivity contribution in [2.24, 2.45) is 5.41 Å². The fourth-order valence-electron chi connectivity index (χ4n) is 3.21. The van der Waals surface area contributed by atoms with E-state index in [9.17, 15) is 14.7 Å². The molecule has 1 atom stereocenters. The Morgan fingerprint density at radius 3 is 2.27 bits per heavy atom. The summed E-state index contributed by atoms with van der Waals surface area (Å²) in [5.41, 5.74) is 0.865. The maximum atomic E-state index is 12.1. The summed E-state index contributed by atoms with van der Waals surface area (Å²) in [7, 11) is 1.32. The molecule has 1 aliphatic carbocycles. The van der Waals surface area contributed by atoms with Crippen LogP contribution in [0.25, 0.3) is 0 Å². The Balaban J connectivity index is 3.40. The van der Waals surface area contributed by atoms with E-state index in [4.69, 9.17) is 0 Å². The quantitative estimate of drug-likeness (QED) is 0.494. The Labute approximate surface area is 132 Å². The minimum atomic E-state index is -1.21. The van der Waals surface area contributed by atoms with Crippen LogP contribution in [-0.4, -0.2) is 29.6 Å². The predicted molar refractivity (Wildman–Crippen MR) is 86.3 cm³/mol. The lowest BCUT2D eigenvalue weighted by atomic mass is 9.60. The van der Waals surface area contributed by atoms with Crippen LogP contribution in [0.3, 0.4) is 0 Å². The van der Waals surface area contributed by atoms with Gasteiger partial charge in [0.25, 0.3) is 0 Å². The minimum absolute atomic E-state index is 0.0711. The molecule has 0 aliphatic heterocycles. The largest absolute Gasteiger partial charge is 0.466 e. The van der Waals surface area contributed by atoms with E-state index in [-0.39, 0.29) is 12.2 Å². The number of ketones is 1. The van der Waals surface area contributed by atoms with Gasteiger partial charge < -0.3 is 9.84 Å². The summed E-state index contributed by atoms with van der Waals surface area (Å²) in [5, 5.41) is 11.3. The van der Waals surface area contributed by atoms with E-state index in [2.05, 4.69) is 4.74 Å². The third kappa shape index (κ3) is 3.07. The molecule has 0 aromatic heterocycles. The number of esters is 1. The molecule has 0 bridgehead atoms. The zero-order valence-corrected chi connectivity index (χ0v) is 14.5. The van der Waals surface area contributed by atoms with Crippen molar-refractivity contribution in [1.29, 1.82) is 0 Å². The number of methoxy groups -OCH3 is 1. The highest BCUT2D eigenvalue weighted by Crippen LogP contribution is 2.49. The first-order chi connectivity index (χ1) is 9.97. The van der Waals surface area contributed by atoms with Gasteiger partial charge in [-0.2, -0.15) is 0 Å². The van der Waals surface area contributed by atoms with Crippen LogP contribution in [0, 0.1) is 5.41 Å². The van der Waals surface area contributed by atoms with Crippen LogP contribution < -0.4 is 0 Å². The normalized spacial score (nSPS) is 26.3. The van der Waals surface area contributed by atoms with Gasteiger partial charge in [-0.05, 0) is 50.0 Å². The summed E-state index contributed by atoms with van der Waals surface area (Å²) in [4.78, 5) is 23.4. The Kier molecular flexibility index (Phi) is 5.18. The lowest BCUT2D eigenvalue weighted by molar-refractivity contribution is -0.134. The van der Waals surface area contributed by atoms with Crippen molar-refractivity contribution >= 4 is 11.8 Å². The molecular formula is C18H26O4. The fraction of sp³-hybridized carbons (Fsp3) is 0.556. The Hall–Kier alpha value is -1.68. The van der Waals surface area contributed by atoms with Crippen molar-refractivity contribution in [1.82, 2.24) is 0 Å². The van der Waals surface area contributed by atoms with Crippen molar-refractivity contribution in [3.05, 3.63) is 34.4 Å². The smallest absolute Gasteiger partial charge is 0.330 e. The average Bonchev–Trinajstić information content (AvgIpc) is 2.42. The summed E-state index contributed by atoms with van der Waals surface area (Å²) in [6, 6.07) is 0. The summed E-state index contributed by atoms with van der Waals surface area (Å²) in [6.45, 7) is 10.9. The first-order valence-electron chi connectivity index (χ1n) is 7.36. The van der Waals surface area contributed by atoms with Crippen LogP contribution in [-0.2, 0) is 14.3 Å². The van der Waals surface area contributed by atoms with Crippen molar-refractivity contribution in [2.45, 2.75) is 53.6 Å². The van der Waals surface area contributed by atoms with Gasteiger partial charge >= 0.3 is 5.97 Å². The van der Waals surface area contributed by atoms with Crippen LogP contribution in [0.1, 0.15) is 48.0 Å². The van der Waals surface area contributed by atoms with E-state index >= 15 is 0 Å². The highest BCUT2D eigenvalue weighted by molar-refractivity contribution is 5.98. The number of allylic oxidation sites excluding steroid dienone is 3. The molecule has 0 aromatic carbocycles. The van der Waals surface area contributed by atoms with Gasteiger partial charge in [0.1, 0.15) is 5.60 Å². The van der Waals surface area contributed by atoms with Crippen molar-refractivity contribution in [2.75, 3.05) is 7.11 Å². The highest BCUT2D eigenvalue weighted by atomic mass is 16.5. The van der Waals surface area contributed by atoms with Crippen LogP contribution in [0.2, 0.25) is 0 Å². The highest BCUT2D eigenvalue weighted by Gasteiger charge is 2.51. The second kappa shape index (κ2) is 6.21. The average molecular weight is 306 g/mol. The third-order valence-electron chi connectivity index (χ3n) is 4.67. The van der Waals surface area contributed by atoms with Gasteiger partial charge in [-0.15, -0.1) is 0 Å². The van der Waals surface area contributed by atoms with E-state index in [0.29, 0.717) is 22.3 Å². The fourth-order valence-corrected chi connectivity index (χ4v) is 3.21. The van der Waals surface area contributed by atoms with Gasteiger partial charge in [0.15, 0.2) is 5.78 Å². The molecule has 1 rings (SSSR count). The number of hydrogen-bond donors (Lipinski definition) is 1. The molecule has 1 N–H and O–H groups in total. The second-order valence-corrected chi connectivity index (χ2v) is 6.68. The van der Waals surface area contributed by atoms with Crippen molar-refractivity contribution in [3.63, 3.8) is 0 Å². The third-order valence-corrected chi connectivity index (χ3v) is 4.67. The second-order valence-electron chi connectivity index (χ2n) is 6.68. The molecule has 0 heterocycles. The van der Waals surface area contributed by atoms with Crippen LogP contribution in [0.5, 0.6) is 0 Å². The van der Waals surface area contributed by atoms with E-state index in [1.807, 2.05) is 20.8 Å². The Morgan fingerprint density at radius 2 is 1.77 bits per heavy atom. The van der Waals surface area contributed by atoms with E-state index < -0.39 is 17.0 Å². The number of rotatable bonds is 3. The number of Topliss-reactive ketones (excluding diaryl/α,β-unsaturated/α-hetero) is 1. The van der Waals surface area contributed by atoms with E-state index in [0.717, 1.165) is 0 Å². The molecule has 22 heavy (non-hydrogen) atoms. The topological polar surface area (TPSA) is 63.6 Å². The van der Waals surface area contributed by atoms with Gasteiger partial charge in [0.05, 0.1) is 7.11 Å². The summed E-state index contributed by atoms with van der Waals surface area (Å²) in [6.07, 6.45) is 3.43. The molecule has 122 valence electrons. The van der Waals surface area contributed by atoms with Crippen LogP contribution >= 0.6 is 0 Å². The monoisotopic (exact) mass is 306 g/mol. The molecule has 0 radical (unpaired) electrons. The van der Waals surface area contributed by atoms with E-state index in [1.54, 1.807) is 26.8 Å². The zero-order valence-electron chi connectivity index (χ0n) is 14.5. The number of ether oxygens (including phenoxy) is 1. The van der Waals surface area contributed by atoms with Crippen molar-refractivity contribution < 1.29 is 19.4 Å². The minimum Gasteiger partial charge on any atom is -0.466 e. The van der Waals surface area contributed by atoms with Crippen LogP contribution in [0.15, 0.2) is 34.4 Å². The Bertz CT molecular complexity index is 590. The standard InChI is InChI=1S/C18H26O4/c1-11(9-16(20)22-7)8-12(2)18(21)14(4)13(3)15(19)10-17(18,5)6/h8-9,21H,10H2,1-7H3/b11-9+,12-8+/t18-/m0/s1. The number of carbonyl (C=O) groups is 2. The number of carbonyl (C=O) groups excluding carboxylic acids is 2. The van der Waals surface area contributed by atoms with Gasteiger partial charge in [-0.1, -0.05) is 19.9 Å². The van der Waals surface area contributed by atoms with Gasteiger partial charge in [-0.25, -0.2) is 4.79 Å². The molecule has 0 fully saturated rings. The van der Waals surface area contributed by atoms with Gasteiger partial charge in [0.2, 0.25) is 0 Å². The lowest BCUT2D eigenvalue weighted by Crippen LogP contribution is -2.51. The molecule has 0 saturated carbocycles. The van der Waals surface area contributed by atoms with Crippen molar-refractivity contribution in [3.8, 4) is 0 Å². The number of aliphatic hydroxyl groups is 1. The maximum absolute atomic E-state index is 12.1. The van der Waals surface area contributed by atoms with Gasteiger partial charge in [-0.3, -0.25) is 4.79 Å². The molecular weight excluding hydrogens is 280 g/mol. The SMILES string of the molecule is COC(=O)/C=C(C)/C=C(\C)[C@]1(O)C(C)=C(C)C(=O)CC1(C)C. The molecule has 0 saturated heterocycles. The lowest BCUT2D eigenvalue weighted by Gasteiger charge is -2.48. The summed E-state index contributed by atoms with van der Waals surface area (Å²) in [5.74, 6) is -0.364. The molecule has 4 heteroatoms. The first kappa shape index (κ1) is 18.4. The molecule has 0 aromatic rings. The van der Waals surface area contributed by atoms with Crippen LogP contribution in [0.4, 0.5) is 0 Å². The summed E-state index contributed by atoms with van der Waals surface area (Å²) >= 11 is 0. The molecule has 1 aliphatic rings. The summed E-state index contributed by atoms with van der Waals surface area (Å²) < 4.78 is 4.61. The first-order valence-corrected chi connectivity index (χ1v) is 7.36. The zero-order chi connectivity index (χ0) is 17.3. The number of hydrogen-bond acceptors (Lipinski definition) is 4. The molecule has 0 unspecified atom stereocenters. The molecule has 0 spiro atoms.